The standard InChI is InChI=1S/C17H26N2O3/c1-13(2)6-4-3-5-7-16(20)19-15-10-8-14(9-11-15)12-18-17(21)22/h8-11,13,18H,3-7,12H2,1-2H3,(H,19,20)(H,21,22). The average molecular weight is 306 g/mol. The predicted molar refractivity (Wildman–Crippen MR) is 87.9 cm³/mol. The van der Waals surface area contributed by atoms with E-state index in [2.05, 4.69) is 24.5 Å². The molecule has 1 rings (SSSR count). The number of anilines is 1. The van der Waals surface area contributed by atoms with Crippen LogP contribution in [0.25, 0.3) is 0 Å². The topological polar surface area (TPSA) is 78.4 Å². The van der Waals surface area contributed by atoms with Gasteiger partial charge in [0.1, 0.15) is 0 Å². The first-order chi connectivity index (χ1) is 10.5. The van der Waals surface area contributed by atoms with Gasteiger partial charge in [0.25, 0.3) is 0 Å². The lowest BCUT2D eigenvalue weighted by Gasteiger charge is -2.07. The fourth-order valence-electron chi connectivity index (χ4n) is 2.12. The molecule has 0 bridgehead atoms. The highest BCUT2D eigenvalue weighted by atomic mass is 16.4. The zero-order chi connectivity index (χ0) is 16.4. The van der Waals surface area contributed by atoms with Crippen LogP contribution in [-0.2, 0) is 11.3 Å². The third-order valence-electron chi connectivity index (χ3n) is 3.37. The minimum atomic E-state index is -1.05. The van der Waals surface area contributed by atoms with Gasteiger partial charge in [-0.3, -0.25) is 4.79 Å². The van der Waals surface area contributed by atoms with Crippen LogP contribution in [0.2, 0.25) is 0 Å². The molecule has 0 spiro atoms. The van der Waals surface area contributed by atoms with E-state index in [1.54, 1.807) is 24.3 Å². The molecular weight excluding hydrogens is 280 g/mol. The average Bonchev–Trinajstić information content (AvgIpc) is 2.45. The second-order valence-corrected chi connectivity index (χ2v) is 5.90. The molecule has 0 unspecified atom stereocenters. The van der Waals surface area contributed by atoms with Gasteiger partial charge in [0.15, 0.2) is 0 Å². The van der Waals surface area contributed by atoms with Crippen LogP contribution in [0.5, 0.6) is 0 Å². The summed E-state index contributed by atoms with van der Waals surface area (Å²) in [6.07, 6.45) is 3.89. The van der Waals surface area contributed by atoms with Gasteiger partial charge >= 0.3 is 6.09 Å². The van der Waals surface area contributed by atoms with E-state index < -0.39 is 6.09 Å². The molecule has 0 heterocycles. The van der Waals surface area contributed by atoms with Crippen molar-refractivity contribution in [2.45, 2.75) is 52.5 Å². The molecule has 0 saturated heterocycles. The highest BCUT2D eigenvalue weighted by molar-refractivity contribution is 5.90. The number of carbonyl (C=O) groups is 2. The van der Waals surface area contributed by atoms with E-state index in [1.807, 2.05) is 0 Å². The second kappa shape index (κ2) is 9.82. The largest absolute Gasteiger partial charge is 0.465 e. The summed E-state index contributed by atoms with van der Waals surface area (Å²) < 4.78 is 0. The Morgan fingerprint density at radius 2 is 1.77 bits per heavy atom. The fraction of sp³-hybridized carbons (Fsp3) is 0.529. The summed E-state index contributed by atoms with van der Waals surface area (Å²) in [5.74, 6) is 0.754. The number of rotatable bonds is 9. The van der Waals surface area contributed by atoms with Crippen LogP contribution in [0.1, 0.15) is 51.5 Å². The molecule has 0 fully saturated rings. The highest BCUT2D eigenvalue weighted by Gasteiger charge is 2.03. The summed E-state index contributed by atoms with van der Waals surface area (Å²) in [6, 6.07) is 7.17. The van der Waals surface area contributed by atoms with Crippen molar-refractivity contribution in [2.24, 2.45) is 5.92 Å². The molecule has 2 amide bonds. The normalized spacial score (nSPS) is 10.5. The van der Waals surface area contributed by atoms with Gasteiger partial charge in [-0.2, -0.15) is 0 Å². The number of amides is 2. The Bertz CT molecular complexity index is 469. The maximum atomic E-state index is 11.8. The lowest BCUT2D eigenvalue weighted by molar-refractivity contribution is -0.116. The monoisotopic (exact) mass is 306 g/mol. The number of hydrogen-bond donors (Lipinski definition) is 3. The van der Waals surface area contributed by atoms with Crippen molar-refractivity contribution in [3.8, 4) is 0 Å². The third kappa shape index (κ3) is 8.29. The fourth-order valence-corrected chi connectivity index (χ4v) is 2.12. The Kier molecular flexibility index (Phi) is 8.04. The molecule has 1 aromatic rings. The molecule has 122 valence electrons. The molecule has 0 aliphatic carbocycles. The van der Waals surface area contributed by atoms with Gasteiger partial charge in [0.2, 0.25) is 5.91 Å². The van der Waals surface area contributed by atoms with E-state index in [-0.39, 0.29) is 12.5 Å². The summed E-state index contributed by atoms with van der Waals surface area (Å²) >= 11 is 0. The summed E-state index contributed by atoms with van der Waals surface area (Å²) in [4.78, 5) is 22.2. The summed E-state index contributed by atoms with van der Waals surface area (Å²) in [7, 11) is 0. The molecule has 3 N–H and O–H groups in total. The molecule has 0 aliphatic rings. The predicted octanol–water partition coefficient (Wildman–Crippen LogP) is 4.00. The maximum Gasteiger partial charge on any atom is 0.404 e. The first-order valence-corrected chi connectivity index (χ1v) is 7.83. The van der Waals surface area contributed by atoms with Gasteiger partial charge in [0.05, 0.1) is 0 Å². The first-order valence-electron chi connectivity index (χ1n) is 7.83. The smallest absolute Gasteiger partial charge is 0.404 e. The van der Waals surface area contributed by atoms with E-state index in [0.717, 1.165) is 30.0 Å². The van der Waals surface area contributed by atoms with Gasteiger partial charge in [0, 0.05) is 18.7 Å². The van der Waals surface area contributed by atoms with Gasteiger partial charge < -0.3 is 15.7 Å². The zero-order valence-electron chi connectivity index (χ0n) is 13.4. The van der Waals surface area contributed by atoms with Crippen molar-refractivity contribution >= 4 is 17.7 Å². The van der Waals surface area contributed by atoms with Crippen molar-refractivity contribution < 1.29 is 14.7 Å². The number of carbonyl (C=O) groups excluding carboxylic acids is 1. The maximum absolute atomic E-state index is 11.8. The third-order valence-corrected chi connectivity index (χ3v) is 3.37. The Morgan fingerprint density at radius 3 is 2.36 bits per heavy atom. The van der Waals surface area contributed by atoms with Crippen LogP contribution in [0.4, 0.5) is 10.5 Å². The molecule has 0 aliphatic heterocycles. The van der Waals surface area contributed by atoms with Crippen molar-refractivity contribution in [3.05, 3.63) is 29.8 Å². The summed E-state index contributed by atoms with van der Waals surface area (Å²) in [6.45, 7) is 4.68. The second-order valence-electron chi connectivity index (χ2n) is 5.90. The number of carboxylic acid groups (broad SMARTS) is 1. The van der Waals surface area contributed by atoms with Crippen LogP contribution in [0.3, 0.4) is 0 Å². The Labute approximate surface area is 132 Å². The first kappa shape index (κ1) is 18.0. The molecular formula is C17H26N2O3. The summed E-state index contributed by atoms with van der Waals surface area (Å²) in [5.41, 5.74) is 1.60. The van der Waals surface area contributed by atoms with Crippen molar-refractivity contribution in [1.29, 1.82) is 0 Å². The molecule has 22 heavy (non-hydrogen) atoms. The molecule has 0 atom stereocenters. The van der Waals surface area contributed by atoms with Gasteiger partial charge in [-0.15, -0.1) is 0 Å². The lowest BCUT2D eigenvalue weighted by atomic mass is 10.0. The molecule has 5 heteroatoms. The molecule has 0 saturated carbocycles. The van der Waals surface area contributed by atoms with Crippen LogP contribution < -0.4 is 10.6 Å². The molecule has 1 aromatic carbocycles. The van der Waals surface area contributed by atoms with Crippen LogP contribution in [-0.4, -0.2) is 17.1 Å². The van der Waals surface area contributed by atoms with E-state index in [9.17, 15) is 9.59 Å². The number of nitrogens with one attached hydrogen (secondary N) is 2. The van der Waals surface area contributed by atoms with Crippen molar-refractivity contribution in [1.82, 2.24) is 5.32 Å². The summed E-state index contributed by atoms with van der Waals surface area (Å²) in [5, 5.41) is 13.7. The lowest BCUT2D eigenvalue weighted by Crippen LogP contribution is -2.19. The minimum absolute atomic E-state index is 0.0287. The van der Waals surface area contributed by atoms with E-state index >= 15 is 0 Å². The number of unbranched alkanes of at least 4 members (excludes halogenated alkanes) is 2. The van der Waals surface area contributed by atoms with Crippen molar-refractivity contribution in [2.75, 3.05) is 5.32 Å². The van der Waals surface area contributed by atoms with Gasteiger partial charge in [-0.25, -0.2) is 4.79 Å². The number of benzene rings is 1. The van der Waals surface area contributed by atoms with E-state index in [0.29, 0.717) is 6.42 Å². The quantitative estimate of drug-likeness (QED) is 0.603. The van der Waals surface area contributed by atoms with Gasteiger partial charge in [-0.1, -0.05) is 45.2 Å². The van der Waals surface area contributed by atoms with Gasteiger partial charge in [-0.05, 0) is 30.0 Å². The Hall–Kier alpha value is -2.04. The van der Waals surface area contributed by atoms with Crippen LogP contribution in [0.15, 0.2) is 24.3 Å². The van der Waals surface area contributed by atoms with E-state index in [1.165, 1.54) is 12.8 Å². The van der Waals surface area contributed by atoms with E-state index in [4.69, 9.17) is 5.11 Å². The SMILES string of the molecule is CC(C)CCCCCC(=O)Nc1ccc(CNC(=O)O)cc1. The highest BCUT2D eigenvalue weighted by Crippen LogP contribution is 2.12. The minimum Gasteiger partial charge on any atom is -0.465 e. The molecule has 0 aromatic heterocycles. The molecule has 0 radical (unpaired) electrons. The van der Waals surface area contributed by atoms with Crippen molar-refractivity contribution in [3.63, 3.8) is 0 Å². The Balaban J connectivity index is 2.25. The molecule has 5 nitrogen and oxygen atoms in total. The Morgan fingerprint density at radius 1 is 1.09 bits per heavy atom. The zero-order valence-corrected chi connectivity index (χ0v) is 13.4. The number of hydrogen-bond acceptors (Lipinski definition) is 2. The van der Waals surface area contributed by atoms with Crippen LogP contribution in [0, 0.1) is 5.92 Å². The van der Waals surface area contributed by atoms with Crippen LogP contribution >= 0.6 is 0 Å².